The maximum Gasteiger partial charge on any atom is 0.193 e. The average molecular weight is 537 g/mol. The molecule has 1 atom stereocenters. The molecular weight excluding hydrogens is 503 g/mol. The number of hydrogen-bond donors (Lipinski definition) is 1. The number of nitrogens with zero attached hydrogens (tertiary/aromatic N) is 3. The number of aliphatic imine (C=N–C) groups is 1. The van der Waals surface area contributed by atoms with Crippen LogP contribution >= 0.6 is 35.6 Å². The highest BCUT2D eigenvalue weighted by molar-refractivity contribution is 14.0. The summed E-state index contributed by atoms with van der Waals surface area (Å²) in [7, 11) is 3.88. The zero-order chi connectivity index (χ0) is 19.8. The van der Waals surface area contributed by atoms with Crippen molar-refractivity contribution in [2.45, 2.75) is 18.9 Å². The number of benzene rings is 1. The largest absolute Gasteiger partial charge is 0.379 e. The summed E-state index contributed by atoms with van der Waals surface area (Å²) in [4.78, 5) is 9.03. The first-order valence-electron chi connectivity index (χ1n) is 10.2. The van der Waals surface area contributed by atoms with Gasteiger partial charge in [0.05, 0.1) is 25.9 Å². The lowest BCUT2D eigenvalue weighted by Crippen LogP contribution is -2.47. The third kappa shape index (κ3) is 8.20. The summed E-state index contributed by atoms with van der Waals surface area (Å²) < 4.78 is 11.3. The minimum absolute atomic E-state index is 0. The SMILES string of the molecule is CN=C(NCC(c1cccc(Cl)c1)N1CCOCC1)N(C)CCOCC1CC1.I. The first-order valence-corrected chi connectivity index (χ1v) is 10.6. The van der Waals surface area contributed by atoms with Crippen molar-refractivity contribution in [3.8, 4) is 0 Å². The highest BCUT2D eigenvalue weighted by atomic mass is 127. The van der Waals surface area contributed by atoms with Crippen molar-refractivity contribution in [3.63, 3.8) is 0 Å². The van der Waals surface area contributed by atoms with Gasteiger partial charge in [0.15, 0.2) is 5.96 Å². The van der Waals surface area contributed by atoms with Gasteiger partial charge in [-0.3, -0.25) is 9.89 Å². The van der Waals surface area contributed by atoms with Gasteiger partial charge >= 0.3 is 0 Å². The normalized spacial score (nSPS) is 18.8. The minimum Gasteiger partial charge on any atom is -0.379 e. The van der Waals surface area contributed by atoms with Crippen LogP contribution in [0.1, 0.15) is 24.4 Å². The Kier molecular flexibility index (Phi) is 11.0. The zero-order valence-electron chi connectivity index (χ0n) is 17.5. The zero-order valence-corrected chi connectivity index (χ0v) is 20.6. The molecule has 1 unspecified atom stereocenters. The second-order valence-corrected chi connectivity index (χ2v) is 8.02. The van der Waals surface area contributed by atoms with Gasteiger partial charge in [0, 0.05) is 51.9 Å². The average Bonchev–Trinajstić information content (AvgIpc) is 3.54. The van der Waals surface area contributed by atoms with Gasteiger partial charge in [-0.1, -0.05) is 23.7 Å². The highest BCUT2D eigenvalue weighted by Gasteiger charge is 2.24. The lowest BCUT2D eigenvalue weighted by molar-refractivity contribution is 0.0169. The molecule has 1 aliphatic carbocycles. The van der Waals surface area contributed by atoms with Crippen molar-refractivity contribution < 1.29 is 9.47 Å². The standard InChI is InChI=1S/C21H33ClN4O2.HI/c1-23-21(25(2)8-11-28-16-17-6-7-17)24-15-20(26-9-12-27-13-10-26)18-4-3-5-19(22)14-18;/h3-5,14,17,20H,6-13,15-16H2,1-2H3,(H,23,24);1H. The van der Waals surface area contributed by atoms with Crippen molar-refractivity contribution in [1.29, 1.82) is 0 Å². The molecule has 0 radical (unpaired) electrons. The third-order valence-corrected chi connectivity index (χ3v) is 5.60. The number of ether oxygens (including phenoxy) is 2. The first-order chi connectivity index (χ1) is 13.7. The van der Waals surface area contributed by atoms with Crippen molar-refractivity contribution in [2.24, 2.45) is 10.9 Å². The Morgan fingerprint density at radius 3 is 2.79 bits per heavy atom. The number of morpholine rings is 1. The van der Waals surface area contributed by atoms with E-state index in [1.165, 1.54) is 18.4 Å². The van der Waals surface area contributed by atoms with Gasteiger partial charge in [-0.25, -0.2) is 0 Å². The molecule has 1 aromatic carbocycles. The van der Waals surface area contributed by atoms with E-state index in [1.54, 1.807) is 0 Å². The summed E-state index contributed by atoms with van der Waals surface area (Å²) in [5.74, 6) is 1.69. The summed E-state index contributed by atoms with van der Waals surface area (Å²) in [5.41, 5.74) is 1.22. The third-order valence-electron chi connectivity index (χ3n) is 5.37. The van der Waals surface area contributed by atoms with E-state index in [1.807, 2.05) is 19.2 Å². The Labute approximate surface area is 197 Å². The van der Waals surface area contributed by atoms with Gasteiger partial charge in [0.1, 0.15) is 0 Å². The lowest BCUT2D eigenvalue weighted by Gasteiger charge is -2.35. The van der Waals surface area contributed by atoms with Crippen LogP contribution in [-0.2, 0) is 9.47 Å². The van der Waals surface area contributed by atoms with Crippen LogP contribution in [0, 0.1) is 5.92 Å². The van der Waals surface area contributed by atoms with Gasteiger partial charge < -0.3 is 19.7 Å². The smallest absolute Gasteiger partial charge is 0.193 e. The number of guanidine groups is 1. The van der Waals surface area contributed by atoms with E-state index >= 15 is 0 Å². The molecule has 1 saturated heterocycles. The second kappa shape index (κ2) is 12.9. The fourth-order valence-corrected chi connectivity index (χ4v) is 3.67. The van der Waals surface area contributed by atoms with Crippen molar-refractivity contribution in [1.82, 2.24) is 15.1 Å². The van der Waals surface area contributed by atoms with Crippen molar-refractivity contribution >= 4 is 41.5 Å². The van der Waals surface area contributed by atoms with Gasteiger partial charge in [0.25, 0.3) is 0 Å². The van der Waals surface area contributed by atoms with Crippen LogP contribution in [-0.4, -0.2) is 82.5 Å². The molecule has 8 heteroatoms. The molecule has 164 valence electrons. The molecule has 29 heavy (non-hydrogen) atoms. The van der Waals surface area contributed by atoms with Gasteiger partial charge in [-0.2, -0.15) is 0 Å². The Hall–Kier alpha value is -0.610. The molecule has 0 aromatic heterocycles. The van der Waals surface area contributed by atoms with E-state index in [-0.39, 0.29) is 30.0 Å². The minimum atomic E-state index is 0. The number of nitrogens with one attached hydrogen (secondary N) is 1. The molecule has 2 fully saturated rings. The molecule has 1 N–H and O–H groups in total. The van der Waals surface area contributed by atoms with Crippen LogP contribution in [0.15, 0.2) is 29.3 Å². The second-order valence-electron chi connectivity index (χ2n) is 7.59. The van der Waals surface area contributed by atoms with Crippen LogP contribution in [0.25, 0.3) is 0 Å². The van der Waals surface area contributed by atoms with Gasteiger partial charge in [0.2, 0.25) is 0 Å². The quantitative estimate of drug-likeness (QED) is 0.227. The van der Waals surface area contributed by atoms with E-state index < -0.39 is 0 Å². The van der Waals surface area contributed by atoms with Crippen LogP contribution in [0.4, 0.5) is 0 Å². The summed E-state index contributed by atoms with van der Waals surface area (Å²) in [6.45, 7) is 6.59. The molecule has 0 spiro atoms. The number of rotatable bonds is 9. The van der Waals surface area contributed by atoms with Crippen LogP contribution in [0.5, 0.6) is 0 Å². The molecule has 6 nitrogen and oxygen atoms in total. The highest BCUT2D eigenvalue weighted by Crippen LogP contribution is 2.28. The first kappa shape index (κ1) is 24.7. The van der Waals surface area contributed by atoms with Crippen LogP contribution in [0.3, 0.4) is 0 Å². The predicted molar refractivity (Wildman–Crippen MR) is 130 cm³/mol. The number of hydrogen-bond acceptors (Lipinski definition) is 4. The van der Waals surface area contributed by atoms with Crippen LogP contribution in [0.2, 0.25) is 5.02 Å². The molecule has 1 aliphatic heterocycles. The molecule has 1 heterocycles. The summed E-state index contributed by atoms with van der Waals surface area (Å²) >= 11 is 6.26. The molecule has 1 aromatic rings. The maximum absolute atomic E-state index is 6.26. The van der Waals surface area contributed by atoms with E-state index in [0.29, 0.717) is 0 Å². The summed E-state index contributed by atoms with van der Waals surface area (Å²) in [5, 5.41) is 4.31. The number of likely N-dealkylation sites (N-methyl/N-ethyl adjacent to an activating group) is 1. The lowest BCUT2D eigenvalue weighted by atomic mass is 10.0. The number of halogens is 2. The summed E-state index contributed by atoms with van der Waals surface area (Å²) in [6, 6.07) is 8.36. The maximum atomic E-state index is 6.26. The van der Waals surface area contributed by atoms with Crippen molar-refractivity contribution in [3.05, 3.63) is 34.9 Å². The van der Waals surface area contributed by atoms with Crippen molar-refractivity contribution in [2.75, 3.05) is 66.7 Å². The molecule has 3 rings (SSSR count). The fourth-order valence-electron chi connectivity index (χ4n) is 3.48. The van der Waals surface area contributed by atoms with E-state index in [0.717, 1.165) is 69.5 Å². The van der Waals surface area contributed by atoms with E-state index in [9.17, 15) is 0 Å². The molecule has 1 saturated carbocycles. The monoisotopic (exact) mass is 536 g/mol. The predicted octanol–water partition coefficient (Wildman–Crippen LogP) is 3.27. The Morgan fingerprint density at radius 1 is 1.38 bits per heavy atom. The molecule has 2 aliphatic rings. The van der Waals surface area contributed by atoms with E-state index in [4.69, 9.17) is 21.1 Å². The molecular formula is C21H34ClIN4O2. The van der Waals surface area contributed by atoms with Gasteiger partial charge in [-0.05, 0) is 36.5 Å². The van der Waals surface area contributed by atoms with E-state index in [2.05, 4.69) is 39.3 Å². The fraction of sp³-hybridized carbons (Fsp3) is 0.667. The molecule has 0 bridgehead atoms. The topological polar surface area (TPSA) is 49.3 Å². The molecule has 0 amide bonds. The summed E-state index contributed by atoms with van der Waals surface area (Å²) in [6.07, 6.45) is 2.65. The Balaban J connectivity index is 0.00000300. The Bertz CT molecular complexity index is 639. The van der Waals surface area contributed by atoms with Crippen LogP contribution < -0.4 is 5.32 Å². The Morgan fingerprint density at radius 2 is 2.14 bits per heavy atom. The van der Waals surface area contributed by atoms with Gasteiger partial charge in [-0.15, -0.1) is 24.0 Å².